The topological polar surface area (TPSA) is 44.8 Å². The number of hydrogen-bond acceptors (Lipinski definition) is 4. The average Bonchev–Trinajstić information content (AvgIpc) is 2.26. The van der Waals surface area contributed by atoms with Gasteiger partial charge in [0.15, 0.2) is 0 Å². The van der Waals surface area contributed by atoms with E-state index in [0.29, 0.717) is 6.61 Å². The molecule has 0 radical (unpaired) electrons. The summed E-state index contributed by atoms with van der Waals surface area (Å²) in [7, 11) is 1.45. The second-order valence-electron chi connectivity index (χ2n) is 2.81. The van der Waals surface area contributed by atoms with Crippen molar-refractivity contribution in [2.24, 2.45) is 0 Å². The van der Waals surface area contributed by atoms with Crippen molar-refractivity contribution in [1.82, 2.24) is 0 Å². The molecule has 0 aliphatic rings. The first-order valence-electron chi connectivity index (χ1n) is 4.65. The van der Waals surface area contributed by atoms with E-state index < -0.39 is 0 Å². The second kappa shape index (κ2) is 6.84. The van der Waals surface area contributed by atoms with Gasteiger partial charge in [-0.3, -0.25) is 0 Å². The van der Waals surface area contributed by atoms with Gasteiger partial charge in [0, 0.05) is 7.11 Å². The van der Waals surface area contributed by atoms with Gasteiger partial charge >= 0.3 is 5.97 Å². The van der Waals surface area contributed by atoms with Gasteiger partial charge in [0.1, 0.15) is 25.6 Å². The Balaban J connectivity index is 2.10. The Hall–Kier alpha value is -1.55. The molecule has 0 spiro atoms. The van der Waals surface area contributed by atoms with Gasteiger partial charge in [0.05, 0.1) is 0 Å². The van der Waals surface area contributed by atoms with Crippen LogP contribution in [-0.2, 0) is 14.3 Å². The molecule has 1 aromatic rings. The molecule has 0 unspecified atom stereocenters. The first-order valence-corrected chi connectivity index (χ1v) is 4.65. The zero-order chi connectivity index (χ0) is 10.9. The van der Waals surface area contributed by atoms with E-state index in [9.17, 15) is 4.79 Å². The van der Waals surface area contributed by atoms with E-state index in [1.165, 1.54) is 7.11 Å². The molecular formula is C11H14O4. The molecule has 0 N–H and O–H groups in total. The normalized spacial score (nSPS) is 9.67. The molecule has 0 aromatic heterocycles. The first kappa shape index (κ1) is 11.5. The van der Waals surface area contributed by atoms with Gasteiger partial charge in [0.25, 0.3) is 0 Å². The first-order chi connectivity index (χ1) is 7.33. The second-order valence-corrected chi connectivity index (χ2v) is 2.81. The molecule has 1 aromatic carbocycles. The maximum Gasteiger partial charge on any atom is 0.332 e. The predicted octanol–water partition coefficient (Wildman–Crippen LogP) is 1.26. The van der Waals surface area contributed by atoms with E-state index >= 15 is 0 Å². The highest BCUT2D eigenvalue weighted by atomic mass is 16.6. The summed E-state index contributed by atoms with van der Waals surface area (Å²) in [6.45, 7) is 0.557. The van der Waals surface area contributed by atoms with E-state index in [0.717, 1.165) is 5.75 Å². The fourth-order valence-corrected chi connectivity index (χ4v) is 0.991. The Morgan fingerprint density at radius 2 is 1.93 bits per heavy atom. The number of hydrogen-bond donors (Lipinski definition) is 0. The largest absolute Gasteiger partial charge is 0.490 e. The maximum absolute atomic E-state index is 10.9. The summed E-state index contributed by atoms with van der Waals surface area (Å²) in [5, 5.41) is 0. The van der Waals surface area contributed by atoms with Crippen molar-refractivity contribution in [3.05, 3.63) is 30.3 Å². The van der Waals surface area contributed by atoms with Crippen molar-refractivity contribution < 1.29 is 19.0 Å². The lowest BCUT2D eigenvalue weighted by atomic mass is 10.3. The highest BCUT2D eigenvalue weighted by molar-refractivity contribution is 5.70. The van der Waals surface area contributed by atoms with Crippen LogP contribution in [0.15, 0.2) is 30.3 Å². The SMILES string of the molecule is COCC(=O)OCCOc1ccccc1. The van der Waals surface area contributed by atoms with Gasteiger partial charge in [-0.1, -0.05) is 18.2 Å². The lowest BCUT2D eigenvalue weighted by molar-refractivity contribution is -0.148. The molecule has 0 atom stereocenters. The van der Waals surface area contributed by atoms with Crippen LogP contribution in [0, 0.1) is 0 Å². The van der Waals surface area contributed by atoms with E-state index in [-0.39, 0.29) is 19.2 Å². The fourth-order valence-electron chi connectivity index (χ4n) is 0.991. The lowest BCUT2D eigenvalue weighted by Crippen LogP contribution is -2.15. The van der Waals surface area contributed by atoms with Crippen LogP contribution < -0.4 is 4.74 Å². The van der Waals surface area contributed by atoms with Gasteiger partial charge in [-0.2, -0.15) is 0 Å². The molecule has 4 heteroatoms. The molecule has 0 amide bonds. The number of ether oxygens (including phenoxy) is 3. The third-order valence-corrected chi connectivity index (χ3v) is 1.62. The zero-order valence-corrected chi connectivity index (χ0v) is 8.64. The summed E-state index contributed by atoms with van der Waals surface area (Å²) in [6, 6.07) is 9.36. The Morgan fingerprint density at radius 1 is 1.20 bits per heavy atom. The van der Waals surface area contributed by atoms with Gasteiger partial charge in [-0.05, 0) is 12.1 Å². The van der Waals surface area contributed by atoms with Gasteiger partial charge in [0.2, 0.25) is 0 Å². The van der Waals surface area contributed by atoms with Crippen LogP contribution in [0.2, 0.25) is 0 Å². The maximum atomic E-state index is 10.9. The van der Waals surface area contributed by atoms with E-state index in [1.807, 2.05) is 30.3 Å². The monoisotopic (exact) mass is 210 g/mol. The van der Waals surface area contributed by atoms with Gasteiger partial charge < -0.3 is 14.2 Å². The van der Waals surface area contributed by atoms with E-state index in [2.05, 4.69) is 4.74 Å². The van der Waals surface area contributed by atoms with Crippen molar-refractivity contribution >= 4 is 5.97 Å². The molecule has 4 nitrogen and oxygen atoms in total. The third kappa shape index (κ3) is 5.02. The summed E-state index contributed by atoms with van der Waals surface area (Å²) in [4.78, 5) is 10.9. The molecule has 0 saturated heterocycles. The summed E-state index contributed by atoms with van der Waals surface area (Å²) >= 11 is 0. The Kier molecular flexibility index (Phi) is 5.25. The smallest absolute Gasteiger partial charge is 0.332 e. The van der Waals surface area contributed by atoms with Crippen molar-refractivity contribution in [2.45, 2.75) is 0 Å². The highest BCUT2D eigenvalue weighted by Gasteiger charge is 2.00. The number of para-hydroxylation sites is 1. The zero-order valence-electron chi connectivity index (χ0n) is 8.64. The number of esters is 1. The molecule has 82 valence electrons. The molecule has 0 saturated carbocycles. The summed E-state index contributed by atoms with van der Waals surface area (Å²) in [6.07, 6.45) is 0. The van der Waals surface area contributed by atoms with Crippen LogP contribution in [0.3, 0.4) is 0 Å². The third-order valence-electron chi connectivity index (χ3n) is 1.62. The van der Waals surface area contributed by atoms with Crippen LogP contribution in [0.4, 0.5) is 0 Å². The average molecular weight is 210 g/mol. The van der Waals surface area contributed by atoms with Crippen molar-refractivity contribution in [3.8, 4) is 5.75 Å². The predicted molar refractivity (Wildman–Crippen MR) is 54.8 cm³/mol. The molecular weight excluding hydrogens is 196 g/mol. The van der Waals surface area contributed by atoms with Crippen LogP contribution in [0.25, 0.3) is 0 Å². The number of benzene rings is 1. The van der Waals surface area contributed by atoms with Crippen molar-refractivity contribution in [1.29, 1.82) is 0 Å². The minimum atomic E-state index is -0.380. The number of carbonyl (C=O) groups excluding carboxylic acids is 1. The number of methoxy groups -OCH3 is 1. The standard InChI is InChI=1S/C11H14O4/c1-13-9-11(12)15-8-7-14-10-5-3-2-4-6-10/h2-6H,7-9H2,1H3. The summed E-state index contributed by atoms with van der Waals surface area (Å²) in [5.74, 6) is 0.384. The summed E-state index contributed by atoms with van der Waals surface area (Å²) < 4.78 is 14.7. The molecule has 0 bridgehead atoms. The van der Waals surface area contributed by atoms with Crippen LogP contribution in [0.1, 0.15) is 0 Å². The Bertz CT molecular complexity index is 284. The molecule has 1 rings (SSSR count). The van der Waals surface area contributed by atoms with Crippen LogP contribution in [-0.4, -0.2) is 32.9 Å². The summed E-state index contributed by atoms with van der Waals surface area (Å²) in [5.41, 5.74) is 0. The molecule has 0 fully saturated rings. The molecule has 0 aliphatic heterocycles. The van der Waals surface area contributed by atoms with Crippen LogP contribution in [0.5, 0.6) is 5.75 Å². The van der Waals surface area contributed by atoms with Crippen LogP contribution >= 0.6 is 0 Å². The Morgan fingerprint density at radius 3 is 2.60 bits per heavy atom. The fraction of sp³-hybridized carbons (Fsp3) is 0.364. The quantitative estimate of drug-likeness (QED) is 0.523. The Labute approximate surface area is 88.8 Å². The number of rotatable bonds is 6. The minimum Gasteiger partial charge on any atom is -0.490 e. The van der Waals surface area contributed by atoms with Crippen molar-refractivity contribution in [3.63, 3.8) is 0 Å². The molecule has 0 aliphatic carbocycles. The number of carbonyl (C=O) groups is 1. The molecule has 0 heterocycles. The lowest BCUT2D eigenvalue weighted by Gasteiger charge is -2.06. The van der Waals surface area contributed by atoms with Gasteiger partial charge in [-0.15, -0.1) is 0 Å². The molecule has 15 heavy (non-hydrogen) atoms. The van der Waals surface area contributed by atoms with E-state index in [4.69, 9.17) is 9.47 Å². The van der Waals surface area contributed by atoms with Crippen molar-refractivity contribution in [2.75, 3.05) is 26.9 Å². The van der Waals surface area contributed by atoms with Gasteiger partial charge in [-0.25, -0.2) is 4.79 Å². The highest BCUT2D eigenvalue weighted by Crippen LogP contribution is 2.07. The minimum absolute atomic E-state index is 0.0225. The van der Waals surface area contributed by atoms with E-state index in [1.54, 1.807) is 0 Å².